The Morgan fingerprint density at radius 2 is 2.00 bits per heavy atom. The van der Waals surface area contributed by atoms with E-state index >= 15 is 0 Å². The van der Waals surface area contributed by atoms with Crippen molar-refractivity contribution >= 4 is 5.91 Å². The maximum atomic E-state index is 12.1. The maximum absolute atomic E-state index is 12.1. The van der Waals surface area contributed by atoms with Gasteiger partial charge < -0.3 is 5.32 Å². The van der Waals surface area contributed by atoms with Crippen LogP contribution in [-0.4, -0.2) is 46.5 Å². The van der Waals surface area contributed by atoms with E-state index in [1.165, 1.54) is 19.0 Å². The Bertz CT molecular complexity index is 438. The summed E-state index contributed by atoms with van der Waals surface area (Å²) >= 11 is 0. The summed E-state index contributed by atoms with van der Waals surface area (Å²) in [7, 11) is 0. The normalized spacial score (nSPS) is 17.4. The van der Waals surface area contributed by atoms with Crippen molar-refractivity contribution in [3.8, 4) is 0 Å². The highest BCUT2D eigenvalue weighted by Gasteiger charge is 2.25. The van der Waals surface area contributed by atoms with Crippen LogP contribution in [0.15, 0.2) is 12.4 Å². The fraction of sp³-hybridized carbons (Fsp3) is 0.667. The van der Waals surface area contributed by atoms with Crippen molar-refractivity contribution in [2.45, 2.75) is 39.7 Å². The van der Waals surface area contributed by atoms with E-state index < -0.39 is 0 Å². The van der Waals surface area contributed by atoms with Gasteiger partial charge in [0.05, 0.1) is 11.9 Å². The zero-order valence-electron chi connectivity index (χ0n) is 12.6. The lowest BCUT2D eigenvalue weighted by atomic mass is 10.0. The molecule has 2 heterocycles. The number of hydrogen-bond donors (Lipinski definition) is 1. The van der Waals surface area contributed by atoms with Crippen LogP contribution in [0.1, 0.15) is 42.9 Å². The van der Waals surface area contributed by atoms with E-state index in [0.29, 0.717) is 24.2 Å². The molecule has 1 fully saturated rings. The smallest absolute Gasteiger partial charge is 0.271 e. The van der Waals surface area contributed by atoms with Crippen LogP contribution >= 0.6 is 0 Å². The number of aromatic nitrogens is 2. The third kappa shape index (κ3) is 3.76. The number of nitrogens with zero attached hydrogens (tertiary/aromatic N) is 3. The highest BCUT2D eigenvalue weighted by atomic mass is 16.1. The molecule has 0 aromatic carbocycles. The molecule has 1 saturated heterocycles. The summed E-state index contributed by atoms with van der Waals surface area (Å²) in [6.45, 7) is 9.23. The predicted octanol–water partition coefficient (Wildman–Crippen LogP) is 1.64. The minimum atomic E-state index is -0.137. The lowest BCUT2D eigenvalue weighted by Crippen LogP contribution is -2.45. The molecule has 0 spiro atoms. The Kier molecular flexibility index (Phi) is 5.06. The summed E-state index contributed by atoms with van der Waals surface area (Å²) in [5, 5.41) is 2.99. The van der Waals surface area contributed by atoms with Gasteiger partial charge in [0.25, 0.3) is 5.91 Å². The van der Waals surface area contributed by atoms with E-state index in [0.717, 1.165) is 18.8 Å². The van der Waals surface area contributed by atoms with Gasteiger partial charge in [-0.3, -0.25) is 14.7 Å². The SMILES string of the molecule is Cc1cnc(C(=O)NCC(C(C)C)N2CCCC2)cn1. The van der Waals surface area contributed by atoms with Crippen molar-refractivity contribution < 1.29 is 4.79 Å². The largest absolute Gasteiger partial charge is 0.349 e. The van der Waals surface area contributed by atoms with Gasteiger partial charge in [0.2, 0.25) is 0 Å². The third-order valence-electron chi connectivity index (χ3n) is 3.86. The van der Waals surface area contributed by atoms with Gasteiger partial charge in [-0.15, -0.1) is 0 Å². The summed E-state index contributed by atoms with van der Waals surface area (Å²) in [4.78, 5) is 22.8. The molecule has 1 unspecified atom stereocenters. The van der Waals surface area contributed by atoms with E-state index in [2.05, 4.69) is 34.0 Å². The number of carbonyl (C=O) groups excluding carboxylic acids is 1. The van der Waals surface area contributed by atoms with Crippen molar-refractivity contribution in [1.82, 2.24) is 20.2 Å². The van der Waals surface area contributed by atoms with Crippen molar-refractivity contribution in [3.05, 3.63) is 23.8 Å². The van der Waals surface area contributed by atoms with Crippen molar-refractivity contribution in [1.29, 1.82) is 0 Å². The van der Waals surface area contributed by atoms with Gasteiger partial charge in [-0.05, 0) is 38.8 Å². The Hall–Kier alpha value is -1.49. The van der Waals surface area contributed by atoms with Crippen LogP contribution in [-0.2, 0) is 0 Å². The van der Waals surface area contributed by atoms with Crippen molar-refractivity contribution in [2.75, 3.05) is 19.6 Å². The van der Waals surface area contributed by atoms with Crippen LogP contribution in [0.25, 0.3) is 0 Å². The molecule has 110 valence electrons. The molecule has 0 bridgehead atoms. The Morgan fingerprint density at radius 3 is 2.55 bits per heavy atom. The fourth-order valence-electron chi connectivity index (χ4n) is 2.66. The lowest BCUT2D eigenvalue weighted by molar-refractivity contribution is 0.0922. The topological polar surface area (TPSA) is 58.1 Å². The number of nitrogens with one attached hydrogen (secondary N) is 1. The average Bonchev–Trinajstić information content (AvgIpc) is 2.93. The van der Waals surface area contributed by atoms with Crippen LogP contribution < -0.4 is 5.32 Å². The summed E-state index contributed by atoms with van der Waals surface area (Å²) in [6.07, 6.45) is 5.68. The second-order valence-electron chi connectivity index (χ2n) is 5.81. The first kappa shape index (κ1) is 14.9. The van der Waals surface area contributed by atoms with Crippen molar-refractivity contribution in [2.24, 2.45) is 5.92 Å². The monoisotopic (exact) mass is 276 g/mol. The first-order chi connectivity index (χ1) is 9.58. The number of amides is 1. The first-order valence-corrected chi connectivity index (χ1v) is 7.39. The van der Waals surface area contributed by atoms with E-state index in [1.807, 2.05) is 6.92 Å². The molecule has 2 rings (SSSR count). The molecule has 0 aliphatic carbocycles. The Morgan fingerprint density at radius 1 is 1.30 bits per heavy atom. The molecule has 1 atom stereocenters. The first-order valence-electron chi connectivity index (χ1n) is 7.39. The third-order valence-corrected chi connectivity index (χ3v) is 3.86. The Balaban J connectivity index is 1.91. The number of aryl methyl sites for hydroxylation is 1. The molecule has 1 aliphatic heterocycles. The minimum Gasteiger partial charge on any atom is -0.349 e. The minimum absolute atomic E-state index is 0.137. The zero-order valence-corrected chi connectivity index (χ0v) is 12.6. The van der Waals surface area contributed by atoms with Gasteiger partial charge in [0.15, 0.2) is 0 Å². The van der Waals surface area contributed by atoms with Gasteiger partial charge in [-0.25, -0.2) is 4.98 Å². The zero-order chi connectivity index (χ0) is 14.5. The molecular weight excluding hydrogens is 252 g/mol. The second-order valence-corrected chi connectivity index (χ2v) is 5.81. The molecule has 5 heteroatoms. The van der Waals surface area contributed by atoms with Gasteiger partial charge >= 0.3 is 0 Å². The summed E-state index contributed by atoms with van der Waals surface area (Å²) in [5.74, 6) is 0.389. The number of likely N-dealkylation sites (tertiary alicyclic amines) is 1. The molecular formula is C15H24N4O. The van der Waals surface area contributed by atoms with Gasteiger partial charge in [0, 0.05) is 18.8 Å². The van der Waals surface area contributed by atoms with Crippen LogP contribution in [0.5, 0.6) is 0 Å². The van der Waals surface area contributed by atoms with E-state index in [1.54, 1.807) is 6.20 Å². The molecule has 20 heavy (non-hydrogen) atoms. The average molecular weight is 276 g/mol. The van der Waals surface area contributed by atoms with E-state index in [4.69, 9.17) is 0 Å². The molecule has 5 nitrogen and oxygen atoms in total. The standard InChI is InChI=1S/C15H24N4O/c1-11(2)14(19-6-4-5-7-19)10-18-15(20)13-9-16-12(3)8-17-13/h8-9,11,14H,4-7,10H2,1-3H3,(H,18,20). The van der Waals surface area contributed by atoms with Crippen LogP contribution in [0.4, 0.5) is 0 Å². The summed E-state index contributed by atoms with van der Waals surface area (Å²) < 4.78 is 0. The lowest BCUT2D eigenvalue weighted by Gasteiger charge is -2.30. The molecule has 1 aliphatic rings. The molecule has 1 amide bonds. The van der Waals surface area contributed by atoms with Crippen LogP contribution in [0.2, 0.25) is 0 Å². The van der Waals surface area contributed by atoms with Crippen LogP contribution in [0.3, 0.4) is 0 Å². The van der Waals surface area contributed by atoms with E-state index in [-0.39, 0.29) is 5.91 Å². The van der Waals surface area contributed by atoms with Gasteiger partial charge in [0.1, 0.15) is 5.69 Å². The molecule has 0 saturated carbocycles. The predicted molar refractivity (Wildman–Crippen MR) is 78.5 cm³/mol. The van der Waals surface area contributed by atoms with Gasteiger partial charge in [-0.1, -0.05) is 13.8 Å². The van der Waals surface area contributed by atoms with E-state index in [9.17, 15) is 4.79 Å². The molecule has 1 aromatic heterocycles. The summed E-state index contributed by atoms with van der Waals surface area (Å²) in [6, 6.07) is 0.403. The highest BCUT2D eigenvalue weighted by Crippen LogP contribution is 2.17. The number of rotatable bonds is 5. The molecule has 1 aromatic rings. The quantitative estimate of drug-likeness (QED) is 0.888. The summed E-state index contributed by atoms with van der Waals surface area (Å²) in [5.41, 5.74) is 1.21. The highest BCUT2D eigenvalue weighted by molar-refractivity contribution is 5.91. The Labute approximate surface area is 120 Å². The number of carbonyl (C=O) groups is 1. The molecule has 1 N–H and O–H groups in total. The maximum Gasteiger partial charge on any atom is 0.271 e. The van der Waals surface area contributed by atoms with Crippen molar-refractivity contribution in [3.63, 3.8) is 0 Å². The molecule has 0 radical (unpaired) electrons. The second kappa shape index (κ2) is 6.79. The number of hydrogen-bond acceptors (Lipinski definition) is 4. The van der Waals surface area contributed by atoms with Gasteiger partial charge in [-0.2, -0.15) is 0 Å². The fourth-order valence-corrected chi connectivity index (χ4v) is 2.66. The van der Waals surface area contributed by atoms with Crippen LogP contribution in [0, 0.1) is 12.8 Å².